The van der Waals surface area contributed by atoms with Crippen LogP contribution in [-0.4, -0.2) is 50.1 Å². The number of benzene rings is 1. The van der Waals surface area contributed by atoms with Crippen LogP contribution in [0.1, 0.15) is 54.2 Å². The lowest BCUT2D eigenvalue weighted by molar-refractivity contribution is 0.102. The predicted molar refractivity (Wildman–Crippen MR) is 116 cm³/mol. The van der Waals surface area contributed by atoms with E-state index in [1.165, 1.54) is 24.3 Å². The second-order valence-electron chi connectivity index (χ2n) is 8.26. The van der Waals surface area contributed by atoms with Crippen LogP contribution >= 0.6 is 0 Å². The number of aryl methyl sites for hydroxylation is 1. The lowest BCUT2D eigenvalue weighted by Crippen LogP contribution is -2.32. The normalized spacial score (nSPS) is 21.4. The average molecular weight is 467 g/mol. The van der Waals surface area contributed by atoms with Gasteiger partial charge in [-0.05, 0) is 44.4 Å². The first-order valence-corrected chi connectivity index (χ1v) is 13.6. The second-order valence-corrected chi connectivity index (χ2v) is 12.2. The minimum absolute atomic E-state index is 0.0163. The number of rotatable bonds is 6. The molecular formula is C20H26N4O5S2. The molecule has 2 heterocycles. The van der Waals surface area contributed by atoms with Crippen LogP contribution in [0.3, 0.4) is 0 Å². The van der Waals surface area contributed by atoms with Gasteiger partial charge in [0.1, 0.15) is 5.82 Å². The van der Waals surface area contributed by atoms with Gasteiger partial charge in [-0.15, -0.1) is 0 Å². The smallest absolute Gasteiger partial charge is 0.256 e. The molecule has 4 rings (SSSR count). The molecule has 1 aliphatic carbocycles. The van der Waals surface area contributed by atoms with Crippen molar-refractivity contribution in [2.24, 2.45) is 0 Å². The molecule has 1 aliphatic heterocycles. The molecule has 1 unspecified atom stereocenters. The molecule has 2 fully saturated rings. The van der Waals surface area contributed by atoms with Crippen LogP contribution in [0, 0.1) is 6.92 Å². The van der Waals surface area contributed by atoms with Crippen LogP contribution in [-0.2, 0) is 19.9 Å². The Balaban J connectivity index is 1.53. The number of sulfonamides is 1. The quantitative estimate of drug-likeness (QED) is 0.671. The Kier molecular flexibility index (Phi) is 5.93. The third kappa shape index (κ3) is 4.99. The Bertz CT molecular complexity index is 1200. The largest absolute Gasteiger partial charge is 0.307 e. The highest BCUT2D eigenvalue weighted by Gasteiger charge is 2.31. The minimum atomic E-state index is -3.72. The first-order valence-electron chi connectivity index (χ1n) is 10.3. The van der Waals surface area contributed by atoms with Crippen LogP contribution in [0.15, 0.2) is 35.2 Å². The fourth-order valence-corrected chi connectivity index (χ4v) is 7.22. The first-order chi connectivity index (χ1) is 14.6. The highest BCUT2D eigenvalue weighted by Crippen LogP contribution is 2.27. The molecule has 31 heavy (non-hydrogen) atoms. The van der Waals surface area contributed by atoms with Crippen molar-refractivity contribution < 1.29 is 21.6 Å². The van der Waals surface area contributed by atoms with Crippen LogP contribution in [0.25, 0.3) is 0 Å². The standard InChI is InChI=1S/C20H26N4O5S2/c1-14-11-19(24(22-14)17-9-10-30(26,27)13-17)21-20(25)15-5-4-8-18(12-15)31(28,29)23-16-6-2-3-7-16/h4-5,8,11-12,16-17,23H,2-3,6-7,9-10,13H2,1H3,(H,21,25). The predicted octanol–water partition coefficient (Wildman–Crippen LogP) is 2.02. The molecule has 2 aromatic rings. The zero-order chi connectivity index (χ0) is 22.2. The van der Waals surface area contributed by atoms with E-state index in [0.29, 0.717) is 17.9 Å². The molecule has 2 N–H and O–H groups in total. The molecule has 168 valence electrons. The van der Waals surface area contributed by atoms with Gasteiger partial charge in [0.2, 0.25) is 10.0 Å². The first kappa shape index (κ1) is 22.0. The van der Waals surface area contributed by atoms with Crippen molar-refractivity contribution in [3.63, 3.8) is 0 Å². The van der Waals surface area contributed by atoms with Gasteiger partial charge in [0.25, 0.3) is 5.91 Å². The number of carbonyl (C=O) groups excluding carboxylic acids is 1. The lowest BCUT2D eigenvalue weighted by atomic mass is 10.2. The number of nitrogens with zero attached hydrogens (tertiary/aromatic N) is 2. The molecule has 2 aliphatic rings. The van der Waals surface area contributed by atoms with Gasteiger partial charge in [0.05, 0.1) is 28.1 Å². The van der Waals surface area contributed by atoms with Gasteiger partial charge in [0.15, 0.2) is 9.84 Å². The Morgan fingerprint density at radius 1 is 1.16 bits per heavy atom. The lowest BCUT2D eigenvalue weighted by Gasteiger charge is -2.15. The maximum absolute atomic E-state index is 12.9. The summed E-state index contributed by atoms with van der Waals surface area (Å²) in [7, 11) is -6.83. The number of amides is 1. The van der Waals surface area contributed by atoms with Gasteiger partial charge in [-0.2, -0.15) is 5.10 Å². The van der Waals surface area contributed by atoms with E-state index >= 15 is 0 Å². The zero-order valence-corrected chi connectivity index (χ0v) is 18.9. The molecule has 11 heteroatoms. The summed E-state index contributed by atoms with van der Waals surface area (Å²) in [4.78, 5) is 12.9. The topological polar surface area (TPSA) is 127 Å². The number of hydrogen-bond acceptors (Lipinski definition) is 6. The summed E-state index contributed by atoms with van der Waals surface area (Å²) in [6.45, 7) is 1.76. The SMILES string of the molecule is Cc1cc(NC(=O)c2cccc(S(=O)(=O)NC3CCCC3)c2)n(C2CCS(=O)(=O)C2)n1. The van der Waals surface area contributed by atoms with E-state index in [4.69, 9.17) is 0 Å². The molecule has 0 spiro atoms. The Hall–Kier alpha value is -2.24. The van der Waals surface area contributed by atoms with E-state index in [1.807, 2.05) is 0 Å². The molecule has 1 aromatic carbocycles. The fourth-order valence-electron chi connectivity index (χ4n) is 4.18. The van der Waals surface area contributed by atoms with Crippen molar-refractivity contribution in [1.82, 2.24) is 14.5 Å². The van der Waals surface area contributed by atoms with Crippen molar-refractivity contribution >= 4 is 31.6 Å². The maximum atomic E-state index is 12.9. The molecule has 1 amide bonds. The third-order valence-electron chi connectivity index (χ3n) is 5.74. The van der Waals surface area contributed by atoms with E-state index in [9.17, 15) is 21.6 Å². The van der Waals surface area contributed by atoms with Crippen molar-refractivity contribution in [3.8, 4) is 0 Å². The van der Waals surface area contributed by atoms with E-state index in [1.54, 1.807) is 17.7 Å². The number of nitrogens with one attached hydrogen (secondary N) is 2. The van der Waals surface area contributed by atoms with Crippen molar-refractivity contribution in [2.45, 2.75) is 56.0 Å². The number of anilines is 1. The van der Waals surface area contributed by atoms with Gasteiger partial charge in [0, 0.05) is 17.7 Å². The van der Waals surface area contributed by atoms with Crippen LogP contribution in [0.4, 0.5) is 5.82 Å². The average Bonchev–Trinajstić information content (AvgIpc) is 3.42. The van der Waals surface area contributed by atoms with E-state index in [-0.39, 0.29) is 34.0 Å². The number of carbonyl (C=O) groups is 1. The Labute approximate surface area is 182 Å². The van der Waals surface area contributed by atoms with Crippen molar-refractivity contribution in [1.29, 1.82) is 0 Å². The van der Waals surface area contributed by atoms with Gasteiger partial charge < -0.3 is 5.32 Å². The van der Waals surface area contributed by atoms with Gasteiger partial charge in [-0.25, -0.2) is 26.2 Å². The van der Waals surface area contributed by atoms with E-state index < -0.39 is 25.8 Å². The Morgan fingerprint density at radius 3 is 2.58 bits per heavy atom. The molecule has 1 saturated carbocycles. The third-order valence-corrected chi connectivity index (χ3v) is 9.01. The maximum Gasteiger partial charge on any atom is 0.256 e. The number of aromatic nitrogens is 2. The van der Waals surface area contributed by atoms with E-state index in [2.05, 4.69) is 15.1 Å². The molecule has 0 radical (unpaired) electrons. The summed E-state index contributed by atoms with van der Waals surface area (Å²) in [6.07, 6.45) is 4.09. The van der Waals surface area contributed by atoms with Gasteiger partial charge in [-0.1, -0.05) is 18.9 Å². The molecule has 0 bridgehead atoms. The van der Waals surface area contributed by atoms with Gasteiger partial charge >= 0.3 is 0 Å². The van der Waals surface area contributed by atoms with Crippen LogP contribution in [0.2, 0.25) is 0 Å². The van der Waals surface area contributed by atoms with Crippen molar-refractivity contribution in [2.75, 3.05) is 16.8 Å². The summed E-state index contributed by atoms with van der Waals surface area (Å²) in [5, 5.41) is 7.11. The summed E-state index contributed by atoms with van der Waals surface area (Å²) in [5.74, 6) is -0.0167. The Morgan fingerprint density at radius 2 is 1.90 bits per heavy atom. The molecule has 1 atom stereocenters. The molecular weight excluding hydrogens is 440 g/mol. The molecule has 9 nitrogen and oxygen atoms in total. The molecule has 1 aromatic heterocycles. The highest BCUT2D eigenvalue weighted by molar-refractivity contribution is 7.91. The second kappa shape index (κ2) is 8.36. The van der Waals surface area contributed by atoms with Crippen LogP contribution in [0.5, 0.6) is 0 Å². The fraction of sp³-hybridized carbons (Fsp3) is 0.500. The summed E-state index contributed by atoms with van der Waals surface area (Å²) in [6, 6.07) is 7.15. The summed E-state index contributed by atoms with van der Waals surface area (Å²) < 4.78 is 53.3. The number of hydrogen-bond donors (Lipinski definition) is 2. The monoisotopic (exact) mass is 466 g/mol. The van der Waals surface area contributed by atoms with Crippen LogP contribution < -0.4 is 10.0 Å². The zero-order valence-electron chi connectivity index (χ0n) is 17.2. The van der Waals surface area contributed by atoms with Gasteiger partial charge in [-0.3, -0.25) is 4.79 Å². The highest BCUT2D eigenvalue weighted by atomic mass is 32.2. The molecule has 1 saturated heterocycles. The van der Waals surface area contributed by atoms with E-state index in [0.717, 1.165) is 25.7 Å². The summed E-state index contributed by atoms with van der Waals surface area (Å²) in [5.41, 5.74) is 0.843. The van der Waals surface area contributed by atoms with Crippen molar-refractivity contribution in [3.05, 3.63) is 41.6 Å². The number of sulfone groups is 1. The summed E-state index contributed by atoms with van der Waals surface area (Å²) >= 11 is 0. The minimum Gasteiger partial charge on any atom is -0.307 e.